The summed E-state index contributed by atoms with van der Waals surface area (Å²) >= 11 is 0. The van der Waals surface area contributed by atoms with Crippen molar-refractivity contribution in [3.63, 3.8) is 0 Å². The summed E-state index contributed by atoms with van der Waals surface area (Å²) < 4.78 is 0. The molecule has 0 spiro atoms. The van der Waals surface area contributed by atoms with Crippen LogP contribution in [0, 0.1) is 6.92 Å². The number of aromatic nitrogens is 2. The SMILES string of the molecule is CCc1nc(C)cc(N(C)CCNC)n1. The number of rotatable bonds is 5. The van der Waals surface area contributed by atoms with E-state index in [2.05, 4.69) is 34.2 Å². The molecule has 0 saturated heterocycles. The summed E-state index contributed by atoms with van der Waals surface area (Å²) in [6, 6.07) is 2.02. The molecule has 0 aliphatic heterocycles. The molecule has 1 aromatic rings. The Labute approximate surface area is 91.7 Å². The number of hydrogen-bond donors (Lipinski definition) is 1. The maximum Gasteiger partial charge on any atom is 0.132 e. The predicted octanol–water partition coefficient (Wildman–Crippen LogP) is 1.00. The van der Waals surface area contributed by atoms with E-state index in [1.165, 1.54) is 0 Å². The second-order valence-electron chi connectivity index (χ2n) is 3.66. The summed E-state index contributed by atoms with van der Waals surface area (Å²) in [5.41, 5.74) is 1.04. The topological polar surface area (TPSA) is 41.1 Å². The molecule has 4 heteroatoms. The molecule has 84 valence electrons. The van der Waals surface area contributed by atoms with Crippen LogP contribution in [0.1, 0.15) is 18.4 Å². The molecule has 4 nitrogen and oxygen atoms in total. The Balaban J connectivity index is 2.78. The van der Waals surface area contributed by atoms with Crippen molar-refractivity contribution in [1.29, 1.82) is 0 Å². The van der Waals surface area contributed by atoms with Gasteiger partial charge in [0.1, 0.15) is 11.6 Å². The molecule has 0 saturated carbocycles. The van der Waals surface area contributed by atoms with Crippen molar-refractivity contribution in [3.8, 4) is 0 Å². The van der Waals surface area contributed by atoms with E-state index >= 15 is 0 Å². The fourth-order valence-electron chi connectivity index (χ4n) is 1.36. The van der Waals surface area contributed by atoms with Gasteiger partial charge in [0.15, 0.2) is 0 Å². The molecular formula is C11H20N4. The standard InChI is InChI=1S/C11H20N4/c1-5-10-13-9(2)8-11(14-10)15(4)7-6-12-3/h8,12H,5-7H2,1-4H3. The molecule has 1 N–H and O–H groups in total. The van der Waals surface area contributed by atoms with Gasteiger partial charge in [-0.25, -0.2) is 9.97 Å². The number of anilines is 1. The first-order valence-corrected chi connectivity index (χ1v) is 5.37. The lowest BCUT2D eigenvalue weighted by molar-refractivity contribution is 0.755. The molecule has 15 heavy (non-hydrogen) atoms. The lowest BCUT2D eigenvalue weighted by Gasteiger charge is -2.18. The van der Waals surface area contributed by atoms with Crippen molar-refractivity contribution in [2.24, 2.45) is 0 Å². The first kappa shape index (κ1) is 11.9. The van der Waals surface area contributed by atoms with Gasteiger partial charge < -0.3 is 10.2 Å². The molecular weight excluding hydrogens is 188 g/mol. The molecule has 1 rings (SSSR count). The molecule has 0 radical (unpaired) electrons. The monoisotopic (exact) mass is 208 g/mol. The van der Waals surface area contributed by atoms with Gasteiger partial charge in [-0.2, -0.15) is 0 Å². The fourth-order valence-corrected chi connectivity index (χ4v) is 1.36. The normalized spacial score (nSPS) is 10.4. The van der Waals surface area contributed by atoms with Gasteiger partial charge in [0.25, 0.3) is 0 Å². The van der Waals surface area contributed by atoms with E-state index in [1.807, 2.05) is 20.0 Å². The third-order valence-corrected chi connectivity index (χ3v) is 2.29. The molecule has 1 heterocycles. The van der Waals surface area contributed by atoms with Gasteiger partial charge in [0.2, 0.25) is 0 Å². The highest BCUT2D eigenvalue weighted by molar-refractivity contribution is 5.38. The van der Waals surface area contributed by atoms with Gasteiger partial charge >= 0.3 is 0 Å². The Kier molecular flexibility index (Phi) is 4.49. The van der Waals surface area contributed by atoms with Crippen molar-refractivity contribution < 1.29 is 0 Å². The Morgan fingerprint density at radius 1 is 1.40 bits per heavy atom. The minimum absolute atomic E-state index is 0.883. The summed E-state index contributed by atoms with van der Waals surface area (Å²) in [4.78, 5) is 11.0. The van der Waals surface area contributed by atoms with Crippen LogP contribution in [0.2, 0.25) is 0 Å². The highest BCUT2D eigenvalue weighted by atomic mass is 15.2. The summed E-state index contributed by atoms with van der Waals surface area (Å²) in [5, 5.41) is 3.13. The first-order chi connectivity index (χ1) is 7.17. The smallest absolute Gasteiger partial charge is 0.132 e. The van der Waals surface area contributed by atoms with Gasteiger partial charge in [-0.1, -0.05) is 6.92 Å². The summed E-state index contributed by atoms with van der Waals surface area (Å²) in [6.45, 7) is 6.00. The average molecular weight is 208 g/mol. The van der Waals surface area contributed by atoms with Crippen LogP contribution in [0.25, 0.3) is 0 Å². The lowest BCUT2D eigenvalue weighted by atomic mass is 10.3. The highest BCUT2D eigenvalue weighted by Gasteiger charge is 2.04. The minimum atomic E-state index is 0.883. The van der Waals surface area contributed by atoms with Gasteiger partial charge in [-0.15, -0.1) is 0 Å². The van der Waals surface area contributed by atoms with E-state index in [-0.39, 0.29) is 0 Å². The number of likely N-dealkylation sites (N-methyl/N-ethyl adjacent to an activating group) is 2. The van der Waals surface area contributed by atoms with Crippen molar-refractivity contribution in [3.05, 3.63) is 17.6 Å². The molecule has 0 aromatic carbocycles. The maximum atomic E-state index is 4.49. The first-order valence-electron chi connectivity index (χ1n) is 5.37. The van der Waals surface area contributed by atoms with Gasteiger partial charge in [0, 0.05) is 38.3 Å². The summed E-state index contributed by atoms with van der Waals surface area (Å²) in [7, 11) is 4.01. The van der Waals surface area contributed by atoms with Crippen molar-refractivity contribution in [1.82, 2.24) is 15.3 Å². The Hall–Kier alpha value is -1.16. The lowest BCUT2D eigenvalue weighted by Crippen LogP contribution is -2.28. The van der Waals surface area contributed by atoms with Crippen molar-refractivity contribution in [2.45, 2.75) is 20.3 Å². The minimum Gasteiger partial charge on any atom is -0.358 e. The highest BCUT2D eigenvalue weighted by Crippen LogP contribution is 2.10. The third kappa shape index (κ3) is 3.47. The second-order valence-corrected chi connectivity index (χ2v) is 3.66. The molecule has 0 amide bonds. The van der Waals surface area contributed by atoms with E-state index in [1.54, 1.807) is 0 Å². The van der Waals surface area contributed by atoms with Crippen molar-refractivity contribution in [2.75, 3.05) is 32.1 Å². The van der Waals surface area contributed by atoms with Crippen LogP contribution >= 0.6 is 0 Å². The largest absolute Gasteiger partial charge is 0.358 e. The zero-order valence-electron chi connectivity index (χ0n) is 10.0. The second kappa shape index (κ2) is 5.66. The Morgan fingerprint density at radius 3 is 2.73 bits per heavy atom. The number of nitrogens with one attached hydrogen (secondary N) is 1. The summed E-state index contributed by atoms with van der Waals surface area (Å²) in [5.74, 6) is 1.93. The van der Waals surface area contributed by atoms with Gasteiger partial charge in [0.05, 0.1) is 0 Å². The zero-order valence-corrected chi connectivity index (χ0v) is 10.0. The van der Waals surface area contributed by atoms with Crippen LogP contribution in [0.5, 0.6) is 0 Å². The molecule has 0 atom stereocenters. The number of aryl methyl sites for hydroxylation is 2. The van der Waals surface area contributed by atoms with Gasteiger partial charge in [-0.3, -0.25) is 0 Å². The molecule has 0 aliphatic rings. The van der Waals surface area contributed by atoms with E-state index in [0.717, 1.165) is 36.8 Å². The molecule has 1 aromatic heterocycles. The number of nitrogens with zero attached hydrogens (tertiary/aromatic N) is 3. The van der Waals surface area contributed by atoms with E-state index in [9.17, 15) is 0 Å². The zero-order chi connectivity index (χ0) is 11.3. The van der Waals surface area contributed by atoms with Crippen LogP contribution in [0.15, 0.2) is 6.07 Å². The Morgan fingerprint density at radius 2 is 2.13 bits per heavy atom. The molecule has 0 fully saturated rings. The Bertz CT molecular complexity index is 311. The van der Waals surface area contributed by atoms with Crippen molar-refractivity contribution >= 4 is 5.82 Å². The molecule has 0 unspecified atom stereocenters. The van der Waals surface area contributed by atoms with Crippen LogP contribution in [-0.4, -0.2) is 37.2 Å². The van der Waals surface area contributed by atoms with E-state index in [0.29, 0.717) is 0 Å². The van der Waals surface area contributed by atoms with Crippen LogP contribution < -0.4 is 10.2 Å². The van der Waals surface area contributed by atoms with Crippen LogP contribution in [0.3, 0.4) is 0 Å². The van der Waals surface area contributed by atoms with Gasteiger partial charge in [-0.05, 0) is 14.0 Å². The average Bonchev–Trinajstić information content (AvgIpc) is 2.24. The number of hydrogen-bond acceptors (Lipinski definition) is 4. The molecule has 0 bridgehead atoms. The van der Waals surface area contributed by atoms with E-state index < -0.39 is 0 Å². The van der Waals surface area contributed by atoms with Crippen LogP contribution in [-0.2, 0) is 6.42 Å². The summed E-state index contributed by atoms with van der Waals surface area (Å²) in [6.07, 6.45) is 0.883. The van der Waals surface area contributed by atoms with Crippen LogP contribution in [0.4, 0.5) is 5.82 Å². The predicted molar refractivity (Wildman–Crippen MR) is 63.3 cm³/mol. The maximum absolute atomic E-state index is 4.49. The quantitative estimate of drug-likeness (QED) is 0.784. The molecule has 0 aliphatic carbocycles. The van der Waals surface area contributed by atoms with E-state index in [4.69, 9.17) is 0 Å². The third-order valence-electron chi connectivity index (χ3n) is 2.29. The fraction of sp³-hybridized carbons (Fsp3) is 0.636.